The normalized spacial score (nSPS) is 10.5. The first kappa shape index (κ1) is 16.8. The summed E-state index contributed by atoms with van der Waals surface area (Å²) >= 11 is 0. The molecule has 2 aromatic carbocycles. The maximum atomic E-state index is 12.4. The third-order valence-electron chi connectivity index (χ3n) is 3.93. The fourth-order valence-corrected chi connectivity index (χ4v) is 2.61. The van der Waals surface area contributed by atoms with Gasteiger partial charge in [0.05, 0.1) is 12.7 Å². The van der Waals surface area contributed by atoms with Crippen LogP contribution in [0.15, 0.2) is 59.0 Å². The zero-order chi connectivity index (χ0) is 17.8. The smallest absolute Gasteiger partial charge is 0.255 e. The van der Waals surface area contributed by atoms with Crippen molar-refractivity contribution in [3.63, 3.8) is 0 Å². The van der Waals surface area contributed by atoms with Crippen molar-refractivity contribution in [2.75, 3.05) is 12.4 Å². The quantitative estimate of drug-likeness (QED) is 0.738. The van der Waals surface area contributed by atoms with Gasteiger partial charge in [-0.05, 0) is 42.8 Å². The Hall–Kier alpha value is -3.05. The van der Waals surface area contributed by atoms with Gasteiger partial charge in [-0.3, -0.25) is 4.79 Å². The van der Waals surface area contributed by atoms with E-state index in [1.54, 1.807) is 37.4 Å². The highest BCUT2D eigenvalue weighted by Crippen LogP contribution is 2.33. The van der Waals surface area contributed by atoms with Crippen LogP contribution in [0.2, 0.25) is 0 Å². The number of furan rings is 1. The summed E-state index contributed by atoms with van der Waals surface area (Å²) in [7, 11) is 1.56. The molecule has 0 spiro atoms. The Bertz CT molecular complexity index is 898. The summed E-state index contributed by atoms with van der Waals surface area (Å²) in [6.45, 7) is 1.74. The lowest BCUT2D eigenvalue weighted by atomic mass is 10.1. The first-order valence-corrected chi connectivity index (χ1v) is 7.87. The molecule has 0 saturated heterocycles. The van der Waals surface area contributed by atoms with Gasteiger partial charge in [0.25, 0.3) is 5.91 Å². The molecule has 0 aliphatic carbocycles. The zero-order valence-electron chi connectivity index (χ0n) is 14.1. The second kappa shape index (κ2) is 7.23. The van der Waals surface area contributed by atoms with Gasteiger partial charge < -0.3 is 19.6 Å². The molecule has 0 saturated carbocycles. The number of carbonyl (C=O) groups is 1. The van der Waals surface area contributed by atoms with Crippen LogP contribution < -0.4 is 10.1 Å². The van der Waals surface area contributed by atoms with Crippen molar-refractivity contribution in [3.8, 4) is 17.1 Å². The van der Waals surface area contributed by atoms with E-state index in [-0.39, 0.29) is 12.5 Å². The van der Waals surface area contributed by atoms with E-state index in [4.69, 9.17) is 14.3 Å². The standard InChI is InChI=1S/C20H19NO4/c1-13-5-3-4-6-16(13)20(23)21-14-7-9-17(19(11-14)24-2)18-10-8-15(12-22)25-18/h3-11,22H,12H2,1-2H3,(H,21,23). The Morgan fingerprint density at radius 3 is 2.64 bits per heavy atom. The number of carbonyl (C=O) groups excluding carboxylic acids is 1. The van der Waals surface area contributed by atoms with E-state index >= 15 is 0 Å². The number of methoxy groups -OCH3 is 1. The van der Waals surface area contributed by atoms with Crippen LogP contribution in [-0.2, 0) is 6.61 Å². The van der Waals surface area contributed by atoms with Crippen molar-refractivity contribution >= 4 is 11.6 Å². The lowest BCUT2D eigenvalue weighted by molar-refractivity contribution is 0.102. The predicted octanol–water partition coefficient (Wildman–Crippen LogP) is 4.01. The third kappa shape index (κ3) is 3.56. The molecule has 1 amide bonds. The van der Waals surface area contributed by atoms with Gasteiger partial charge >= 0.3 is 0 Å². The van der Waals surface area contributed by atoms with Gasteiger partial charge in [-0.1, -0.05) is 18.2 Å². The molecule has 1 aromatic heterocycles. The van der Waals surface area contributed by atoms with Crippen LogP contribution >= 0.6 is 0 Å². The average molecular weight is 337 g/mol. The molecular formula is C20H19NO4. The summed E-state index contributed by atoms with van der Waals surface area (Å²) in [4.78, 5) is 12.4. The number of benzene rings is 2. The average Bonchev–Trinajstić information content (AvgIpc) is 3.11. The number of ether oxygens (including phenoxy) is 1. The highest BCUT2D eigenvalue weighted by Gasteiger charge is 2.13. The molecule has 3 rings (SSSR count). The Balaban J connectivity index is 1.86. The second-order valence-electron chi connectivity index (χ2n) is 5.61. The fourth-order valence-electron chi connectivity index (χ4n) is 2.61. The van der Waals surface area contributed by atoms with Crippen LogP contribution in [0.4, 0.5) is 5.69 Å². The number of aliphatic hydroxyl groups is 1. The van der Waals surface area contributed by atoms with Gasteiger partial charge in [-0.15, -0.1) is 0 Å². The molecule has 0 unspecified atom stereocenters. The van der Waals surface area contributed by atoms with Crippen LogP contribution in [0.3, 0.4) is 0 Å². The number of amides is 1. The highest BCUT2D eigenvalue weighted by atomic mass is 16.5. The minimum atomic E-state index is -0.173. The van der Waals surface area contributed by atoms with Crippen LogP contribution in [0, 0.1) is 6.92 Å². The fraction of sp³-hybridized carbons (Fsp3) is 0.150. The van der Waals surface area contributed by atoms with Crippen molar-refractivity contribution in [1.82, 2.24) is 0 Å². The Kier molecular flexibility index (Phi) is 4.86. The molecule has 0 bridgehead atoms. The lowest BCUT2D eigenvalue weighted by Gasteiger charge is -2.11. The first-order chi connectivity index (χ1) is 12.1. The van der Waals surface area contributed by atoms with E-state index in [2.05, 4.69) is 5.32 Å². The van der Waals surface area contributed by atoms with Gasteiger partial charge in [0.1, 0.15) is 23.9 Å². The van der Waals surface area contributed by atoms with Crippen LogP contribution in [0.1, 0.15) is 21.7 Å². The SMILES string of the molecule is COc1cc(NC(=O)c2ccccc2C)ccc1-c1ccc(CO)o1. The van der Waals surface area contributed by atoms with Crippen molar-refractivity contribution in [3.05, 3.63) is 71.5 Å². The molecule has 5 heteroatoms. The van der Waals surface area contributed by atoms with Gasteiger partial charge in [-0.2, -0.15) is 0 Å². The number of hydrogen-bond acceptors (Lipinski definition) is 4. The molecule has 3 aromatic rings. The first-order valence-electron chi connectivity index (χ1n) is 7.87. The van der Waals surface area contributed by atoms with E-state index in [0.29, 0.717) is 28.5 Å². The maximum Gasteiger partial charge on any atom is 0.255 e. The van der Waals surface area contributed by atoms with Gasteiger partial charge in [0, 0.05) is 17.3 Å². The largest absolute Gasteiger partial charge is 0.496 e. The van der Waals surface area contributed by atoms with Gasteiger partial charge in [0.2, 0.25) is 0 Å². The molecule has 128 valence electrons. The van der Waals surface area contributed by atoms with E-state index in [1.807, 2.05) is 31.2 Å². The molecule has 2 N–H and O–H groups in total. The zero-order valence-corrected chi connectivity index (χ0v) is 14.1. The molecule has 0 radical (unpaired) electrons. The third-order valence-corrected chi connectivity index (χ3v) is 3.93. The number of aliphatic hydroxyl groups excluding tert-OH is 1. The number of nitrogens with one attached hydrogen (secondary N) is 1. The summed E-state index contributed by atoms with van der Waals surface area (Å²) in [5, 5.41) is 12.0. The number of anilines is 1. The monoisotopic (exact) mass is 337 g/mol. The van der Waals surface area contributed by atoms with Crippen LogP contribution in [0.5, 0.6) is 5.75 Å². The van der Waals surface area contributed by atoms with E-state index in [1.165, 1.54) is 0 Å². The molecule has 0 atom stereocenters. The van der Waals surface area contributed by atoms with E-state index in [9.17, 15) is 4.79 Å². The van der Waals surface area contributed by atoms with E-state index in [0.717, 1.165) is 11.1 Å². The molecule has 1 heterocycles. The minimum Gasteiger partial charge on any atom is -0.496 e. The molecule has 0 aliphatic rings. The lowest BCUT2D eigenvalue weighted by Crippen LogP contribution is -2.13. The molecule has 0 fully saturated rings. The Labute approximate surface area is 145 Å². The van der Waals surface area contributed by atoms with Crippen molar-refractivity contribution in [2.24, 2.45) is 0 Å². The number of rotatable bonds is 5. The van der Waals surface area contributed by atoms with E-state index < -0.39 is 0 Å². The topological polar surface area (TPSA) is 71.7 Å². The minimum absolute atomic E-state index is 0.160. The molecule has 0 aliphatic heterocycles. The summed E-state index contributed by atoms with van der Waals surface area (Å²) in [5.41, 5.74) is 2.92. The molecular weight excluding hydrogens is 318 g/mol. The summed E-state index contributed by atoms with van der Waals surface area (Å²) in [6, 6.07) is 16.2. The Morgan fingerprint density at radius 1 is 1.16 bits per heavy atom. The van der Waals surface area contributed by atoms with Crippen LogP contribution in [-0.4, -0.2) is 18.1 Å². The predicted molar refractivity (Wildman–Crippen MR) is 95.8 cm³/mol. The molecule has 5 nitrogen and oxygen atoms in total. The highest BCUT2D eigenvalue weighted by molar-refractivity contribution is 6.05. The Morgan fingerprint density at radius 2 is 1.96 bits per heavy atom. The van der Waals surface area contributed by atoms with Crippen LogP contribution in [0.25, 0.3) is 11.3 Å². The second-order valence-corrected chi connectivity index (χ2v) is 5.61. The van der Waals surface area contributed by atoms with Crippen molar-refractivity contribution < 1.29 is 19.1 Å². The maximum absolute atomic E-state index is 12.4. The van der Waals surface area contributed by atoms with Crippen molar-refractivity contribution in [1.29, 1.82) is 0 Å². The van der Waals surface area contributed by atoms with Gasteiger partial charge in [-0.25, -0.2) is 0 Å². The summed E-state index contributed by atoms with van der Waals surface area (Å²) in [6.07, 6.45) is 0. The summed E-state index contributed by atoms with van der Waals surface area (Å²) < 4.78 is 11.0. The summed E-state index contributed by atoms with van der Waals surface area (Å²) in [5.74, 6) is 1.47. The molecule has 25 heavy (non-hydrogen) atoms. The number of aryl methyl sites for hydroxylation is 1. The number of hydrogen-bond donors (Lipinski definition) is 2. The van der Waals surface area contributed by atoms with Gasteiger partial charge in [0.15, 0.2) is 0 Å². The van der Waals surface area contributed by atoms with Crippen molar-refractivity contribution in [2.45, 2.75) is 13.5 Å².